The summed E-state index contributed by atoms with van der Waals surface area (Å²) in [4.78, 5) is 11.7. The fraction of sp³-hybridized carbons (Fsp3) is 0.100. The number of rotatable bonds is 4. The van der Waals surface area contributed by atoms with E-state index in [1.807, 2.05) is 18.2 Å². The number of nitrogens with one attached hydrogen (secondary N) is 1. The minimum atomic E-state index is -0.142. The summed E-state index contributed by atoms with van der Waals surface area (Å²) in [5.74, 6) is -0.142. The molecule has 1 heterocycles. The third kappa shape index (κ3) is 2.96. The van der Waals surface area contributed by atoms with Gasteiger partial charge in [0, 0.05) is 19.5 Å². The molecule has 2 aromatic rings. The fourth-order valence-corrected chi connectivity index (χ4v) is 1.33. The molecule has 17 heavy (non-hydrogen) atoms. The molecule has 3 radical (unpaired) electrons. The average Bonchev–Trinajstić information content (AvgIpc) is 2.85. The van der Waals surface area contributed by atoms with Crippen LogP contribution in [0.5, 0.6) is 0 Å². The lowest BCUT2D eigenvalue weighted by Gasteiger charge is -2.02. The number of amides is 1. The van der Waals surface area contributed by atoms with Crippen LogP contribution in [0.15, 0.2) is 36.5 Å². The molecule has 1 aromatic heterocycles. The Bertz CT molecular complexity index is 500. The molecule has 0 aliphatic heterocycles. The Morgan fingerprint density at radius 2 is 2.18 bits per heavy atom. The maximum absolute atomic E-state index is 11.7. The first kappa shape index (κ1) is 11.4. The third-order valence-electron chi connectivity index (χ3n) is 2.18. The Hall–Kier alpha value is -2.04. The van der Waals surface area contributed by atoms with Crippen molar-refractivity contribution in [3.63, 3.8) is 0 Å². The van der Waals surface area contributed by atoms with Gasteiger partial charge in [0.25, 0.3) is 5.91 Å². The van der Waals surface area contributed by atoms with Gasteiger partial charge in [-0.25, -0.2) is 0 Å². The highest BCUT2D eigenvalue weighted by atomic mass is 16.1. The van der Waals surface area contributed by atoms with Crippen LogP contribution in [-0.2, 0) is 6.54 Å². The van der Waals surface area contributed by atoms with Crippen molar-refractivity contribution >= 4 is 20.9 Å². The number of carbonyl (C=O) groups is 1. The van der Waals surface area contributed by atoms with Crippen molar-refractivity contribution in [2.75, 3.05) is 0 Å². The maximum atomic E-state index is 11.7. The number of hydrogen-bond acceptors (Lipinski definition) is 3. The van der Waals surface area contributed by atoms with E-state index < -0.39 is 0 Å². The molecular weight excluding hydrogens is 214 g/mol. The van der Waals surface area contributed by atoms with Crippen molar-refractivity contribution in [2.24, 2.45) is 0 Å². The topological polar surface area (TPSA) is 59.8 Å². The van der Waals surface area contributed by atoms with Crippen molar-refractivity contribution in [1.82, 2.24) is 20.2 Å². The lowest BCUT2D eigenvalue weighted by molar-refractivity contribution is 0.0950. The zero-order valence-electron chi connectivity index (χ0n) is 9.08. The summed E-state index contributed by atoms with van der Waals surface area (Å²) in [6, 6.07) is 8.99. The highest BCUT2D eigenvalue weighted by Crippen LogP contribution is 1.99. The summed E-state index contributed by atoms with van der Waals surface area (Å²) in [7, 11) is 6.55. The molecule has 0 aliphatic rings. The Morgan fingerprint density at radius 1 is 1.41 bits per heavy atom. The van der Waals surface area contributed by atoms with Crippen LogP contribution in [0.25, 0.3) is 0 Å². The molecule has 1 amide bonds. The molecule has 0 aliphatic carbocycles. The summed E-state index contributed by atoms with van der Waals surface area (Å²) in [5.41, 5.74) is 1.27. The van der Waals surface area contributed by atoms with Gasteiger partial charge in [0.2, 0.25) is 7.31 Å². The predicted molar refractivity (Wildman–Crippen MR) is 64.5 cm³/mol. The van der Waals surface area contributed by atoms with Crippen LogP contribution in [0, 0.1) is 0 Å². The average molecular weight is 223 g/mol. The Balaban J connectivity index is 1.92. The van der Waals surface area contributed by atoms with Crippen molar-refractivity contribution in [3.8, 4) is 0 Å². The predicted octanol–water partition coefficient (Wildman–Crippen LogP) is -0.241. The molecule has 5 nitrogen and oxygen atoms in total. The highest BCUT2D eigenvalue weighted by molar-refractivity contribution is 6.88. The van der Waals surface area contributed by atoms with E-state index in [-0.39, 0.29) is 5.91 Å². The van der Waals surface area contributed by atoms with E-state index >= 15 is 0 Å². The third-order valence-corrected chi connectivity index (χ3v) is 2.18. The molecule has 2 rings (SSSR count). The number of aromatic nitrogens is 3. The van der Waals surface area contributed by atoms with Crippen LogP contribution in [0.3, 0.4) is 0 Å². The summed E-state index contributed by atoms with van der Waals surface area (Å²) >= 11 is 0. The molecule has 0 saturated carbocycles. The zero-order chi connectivity index (χ0) is 12.1. The second kappa shape index (κ2) is 5.34. The Morgan fingerprint density at radius 3 is 2.82 bits per heavy atom. The van der Waals surface area contributed by atoms with Crippen LogP contribution in [0.2, 0.25) is 0 Å². The normalized spacial score (nSPS) is 9.88. The number of benzene rings is 1. The first-order valence-corrected chi connectivity index (χ1v) is 5.08. The molecule has 0 bridgehead atoms. The van der Waals surface area contributed by atoms with E-state index in [1.165, 1.54) is 11.9 Å². The minimum Gasteiger partial charge on any atom is -0.346 e. The quantitative estimate of drug-likeness (QED) is 0.727. The molecule has 0 unspecified atom stereocenters. The summed E-state index contributed by atoms with van der Waals surface area (Å²) in [6.07, 6.45) is 1.64. The van der Waals surface area contributed by atoms with E-state index in [0.29, 0.717) is 17.8 Å². The molecule has 0 spiro atoms. The number of nitrogens with zero attached hydrogens (tertiary/aromatic N) is 3. The minimum absolute atomic E-state index is 0.142. The first-order chi connectivity index (χ1) is 8.29. The van der Waals surface area contributed by atoms with Gasteiger partial charge < -0.3 is 9.91 Å². The van der Waals surface area contributed by atoms with Crippen LogP contribution in [0.1, 0.15) is 16.1 Å². The van der Waals surface area contributed by atoms with Crippen molar-refractivity contribution in [3.05, 3.63) is 47.8 Å². The SMILES string of the molecule is [B][B]n1cc(CNC(=O)c2ccccc2)nn1. The summed E-state index contributed by atoms with van der Waals surface area (Å²) in [6.45, 7) is 0.321. The van der Waals surface area contributed by atoms with Gasteiger partial charge >= 0.3 is 0 Å². The largest absolute Gasteiger partial charge is 0.346 e. The van der Waals surface area contributed by atoms with Crippen molar-refractivity contribution in [2.45, 2.75) is 6.54 Å². The Kier molecular flexibility index (Phi) is 3.59. The number of hydrogen-bond donors (Lipinski definition) is 1. The number of carbonyl (C=O) groups excluding carboxylic acids is 1. The second-order valence-corrected chi connectivity index (χ2v) is 3.39. The van der Waals surface area contributed by atoms with Gasteiger partial charge in [-0.3, -0.25) is 4.79 Å². The maximum Gasteiger partial charge on any atom is 0.251 e. The van der Waals surface area contributed by atoms with Gasteiger partial charge in [-0.2, -0.15) is 0 Å². The van der Waals surface area contributed by atoms with E-state index in [4.69, 9.17) is 7.74 Å². The first-order valence-electron chi connectivity index (χ1n) is 5.08. The second-order valence-electron chi connectivity index (χ2n) is 3.39. The van der Waals surface area contributed by atoms with Gasteiger partial charge in [0.05, 0.1) is 6.54 Å². The van der Waals surface area contributed by atoms with E-state index in [1.54, 1.807) is 18.3 Å². The van der Waals surface area contributed by atoms with Gasteiger partial charge in [0.15, 0.2) is 0 Å². The van der Waals surface area contributed by atoms with Gasteiger partial charge in [0.1, 0.15) is 5.69 Å². The van der Waals surface area contributed by atoms with Gasteiger partial charge in [-0.15, -0.1) is 5.10 Å². The molecule has 1 aromatic carbocycles. The fourth-order valence-electron chi connectivity index (χ4n) is 1.33. The van der Waals surface area contributed by atoms with Crippen LogP contribution in [-0.4, -0.2) is 35.9 Å². The van der Waals surface area contributed by atoms with Crippen molar-refractivity contribution in [1.29, 1.82) is 0 Å². The standard InChI is InChI=1S/C10H9B2N4O/c11-12-16-7-9(14-15-16)6-13-10(17)8-4-2-1-3-5-8/h1-5,7H,6H2,(H,13,17). The monoisotopic (exact) mass is 223 g/mol. The molecule has 81 valence electrons. The van der Waals surface area contributed by atoms with Crippen LogP contribution < -0.4 is 5.32 Å². The van der Waals surface area contributed by atoms with E-state index in [0.717, 1.165) is 0 Å². The smallest absolute Gasteiger partial charge is 0.251 e. The van der Waals surface area contributed by atoms with Crippen molar-refractivity contribution < 1.29 is 4.79 Å². The lowest BCUT2D eigenvalue weighted by Crippen LogP contribution is -2.22. The molecule has 1 N–H and O–H groups in total. The Labute approximate surface area is 101 Å². The van der Waals surface area contributed by atoms with Gasteiger partial charge in [-0.1, -0.05) is 23.4 Å². The molecular formula is C10H9B2N4O. The summed E-state index contributed by atoms with van der Waals surface area (Å²) < 4.78 is 1.38. The zero-order valence-corrected chi connectivity index (χ0v) is 9.08. The van der Waals surface area contributed by atoms with E-state index in [9.17, 15) is 4.79 Å². The van der Waals surface area contributed by atoms with Gasteiger partial charge in [-0.05, 0) is 12.1 Å². The summed E-state index contributed by atoms with van der Waals surface area (Å²) in [5, 5.41) is 10.3. The highest BCUT2D eigenvalue weighted by Gasteiger charge is 2.05. The lowest BCUT2D eigenvalue weighted by atomic mass is 9.67. The van der Waals surface area contributed by atoms with E-state index in [2.05, 4.69) is 15.6 Å². The molecule has 0 saturated heterocycles. The molecule has 0 fully saturated rings. The van der Waals surface area contributed by atoms with Crippen LogP contribution in [0.4, 0.5) is 0 Å². The molecule has 7 heteroatoms. The molecule has 0 atom stereocenters. The van der Waals surface area contributed by atoms with Crippen LogP contribution >= 0.6 is 0 Å².